The molecule has 30 heavy (non-hydrogen) atoms. The Hall–Kier alpha value is -3.14. The van der Waals surface area contributed by atoms with Gasteiger partial charge in [0.2, 0.25) is 0 Å². The molecule has 0 fully saturated rings. The Bertz CT molecular complexity index is 1210. The number of hydrogen-bond donors (Lipinski definition) is 0. The summed E-state index contributed by atoms with van der Waals surface area (Å²) in [6, 6.07) is 21.6. The average molecular weight is 396 g/mol. The summed E-state index contributed by atoms with van der Waals surface area (Å²) in [5.41, 5.74) is 7.58. The van der Waals surface area contributed by atoms with Gasteiger partial charge in [-0.3, -0.25) is 4.68 Å². The van der Waals surface area contributed by atoms with Crippen LogP contribution in [0.3, 0.4) is 0 Å². The Morgan fingerprint density at radius 1 is 1.03 bits per heavy atom. The van der Waals surface area contributed by atoms with Crippen molar-refractivity contribution in [3.8, 4) is 11.3 Å². The van der Waals surface area contributed by atoms with Crippen molar-refractivity contribution < 1.29 is 4.52 Å². The zero-order valence-electron chi connectivity index (χ0n) is 17.4. The molecule has 0 spiro atoms. The smallest absolute Gasteiger partial charge is 0.143 e. The van der Waals surface area contributed by atoms with E-state index in [1.54, 1.807) is 0 Å². The summed E-state index contributed by atoms with van der Waals surface area (Å²) in [7, 11) is 2.12. The lowest BCUT2D eigenvalue weighted by Gasteiger charge is -2.49. The lowest BCUT2D eigenvalue weighted by molar-refractivity contribution is 0.185. The predicted molar refractivity (Wildman–Crippen MR) is 116 cm³/mol. The second kappa shape index (κ2) is 6.43. The number of aryl methyl sites for hydroxylation is 1. The minimum absolute atomic E-state index is 0.123. The van der Waals surface area contributed by atoms with E-state index in [1.165, 1.54) is 27.9 Å². The molecule has 4 nitrogen and oxygen atoms in total. The maximum atomic E-state index is 5.72. The first-order valence-corrected chi connectivity index (χ1v) is 10.8. The number of fused-ring (bicyclic) bond motifs is 4. The Labute approximate surface area is 176 Å². The summed E-state index contributed by atoms with van der Waals surface area (Å²) in [4.78, 5) is 0. The van der Waals surface area contributed by atoms with E-state index in [9.17, 15) is 0 Å². The highest BCUT2D eigenvalue weighted by molar-refractivity contribution is 5.67. The molecule has 6 rings (SSSR count). The number of nitrogens with zero attached hydrogens (tertiary/aromatic N) is 3. The van der Waals surface area contributed by atoms with Gasteiger partial charge >= 0.3 is 0 Å². The maximum Gasteiger partial charge on any atom is 0.143 e. The molecular formula is C26H25N3O. The van der Waals surface area contributed by atoms with Crippen molar-refractivity contribution >= 4 is 0 Å². The van der Waals surface area contributed by atoms with Gasteiger partial charge < -0.3 is 4.52 Å². The molecule has 2 aliphatic carbocycles. The third-order valence-corrected chi connectivity index (χ3v) is 7.40. The van der Waals surface area contributed by atoms with Crippen molar-refractivity contribution in [2.75, 3.05) is 0 Å². The molecule has 0 amide bonds. The van der Waals surface area contributed by atoms with Crippen molar-refractivity contribution in [2.24, 2.45) is 13.0 Å². The Morgan fingerprint density at radius 3 is 2.53 bits per heavy atom. The van der Waals surface area contributed by atoms with Crippen LogP contribution in [0.25, 0.3) is 11.3 Å². The monoisotopic (exact) mass is 395 g/mol. The summed E-state index contributed by atoms with van der Waals surface area (Å²) in [5, 5.41) is 9.24. The molecule has 0 bridgehead atoms. The quantitative estimate of drug-likeness (QED) is 0.464. The van der Waals surface area contributed by atoms with Gasteiger partial charge in [0.1, 0.15) is 5.76 Å². The van der Waals surface area contributed by atoms with Gasteiger partial charge in [0, 0.05) is 35.1 Å². The highest BCUT2D eigenvalue weighted by atomic mass is 16.5. The van der Waals surface area contributed by atoms with Crippen LogP contribution in [0.4, 0.5) is 0 Å². The lowest BCUT2D eigenvalue weighted by atomic mass is 9.53. The van der Waals surface area contributed by atoms with Gasteiger partial charge in [0.15, 0.2) is 0 Å². The fraction of sp³-hybridized carbons (Fsp3) is 0.308. The summed E-state index contributed by atoms with van der Waals surface area (Å²) in [5.74, 6) is 1.84. The maximum absolute atomic E-state index is 5.72. The van der Waals surface area contributed by atoms with Gasteiger partial charge in [0.25, 0.3) is 0 Å². The molecule has 0 N–H and O–H groups in total. The van der Waals surface area contributed by atoms with E-state index in [-0.39, 0.29) is 5.41 Å². The van der Waals surface area contributed by atoms with Crippen LogP contribution in [0.5, 0.6) is 0 Å². The fourth-order valence-electron chi connectivity index (χ4n) is 6.25. The van der Waals surface area contributed by atoms with Gasteiger partial charge in [-0.15, -0.1) is 0 Å². The summed E-state index contributed by atoms with van der Waals surface area (Å²) in [6.07, 6.45) is 5.00. The second-order valence-electron chi connectivity index (χ2n) is 8.83. The van der Waals surface area contributed by atoms with Crippen molar-refractivity contribution in [3.05, 3.63) is 95.0 Å². The fourth-order valence-corrected chi connectivity index (χ4v) is 6.25. The highest BCUT2D eigenvalue weighted by Gasteiger charge is 2.54. The topological polar surface area (TPSA) is 43.9 Å². The number of benzene rings is 2. The van der Waals surface area contributed by atoms with E-state index in [0.717, 1.165) is 30.7 Å². The molecule has 3 atom stereocenters. The van der Waals surface area contributed by atoms with Gasteiger partial charge in [-0.1, -0.05) is 72.7 Å². The Kier molecular flexibility index (Phi) is 3.79. The van der Waals surface area contributed by atoms with Crippen molar-refractivity contribution in [1.29, 1.82) is 0 Å². The van der Waals surface area contributed by atoms with Gasteiger partial charge in [0.05, 0.1) is 17.6 Å². The molecule has 2 aromatic carbocycles. The Balaban J connectivity index is 1.65. The highest BCUT2D eigenvalue weighted by Crippen LogP contribution is 2.57. The third-order valence-electron chi connectivity index (χ3n) is 7.40. The average Bonchev–Trinajstić information content (AvgIpc) is 3.40. The molecule has 2 aliphatic rings. The molecule has 4 heteroatoms. The van der Waals surface area contributed by atoms with E-state index in [4.69, 9.17) is 9.62 Å². The van der Waals surface area contributed by atoms with Crippen molar-refractivity contribution in [1.82, 2.24) is 14.9 Å². The third kappa shape index (κ3) is 2.28. The predicted octanol–water partition coefficient (Wildman–Crippen LogP) is 5.28. The molecule has 2 aromatic heterocycles. The van der Waals surface area contributed by atoms with Crippen LogP contribution in [0.2, 0.25) is 0 Å². The van der Waals surface area contributed by atoms with Crippen LogP contribution in [0, 0.1) is 5.92 Å². The standard InChI is InChI=1S/C26H25N3O/c1-17-22-14-13-21-23(18-9-5-3-6-10-18)28-29(2)25(21)26(22,20-11-7-4-8-12-20)15-19-16-27-30-24(17)19/h3-12,16-17,22H,13-15H2,1-2H3. The van der Waals surface area contributed by atoms with Crippen LogP contribution >= 0.6 is 0 Å². The van der Waals surface area contributed by atoms with Crippen LogP contribution in [-0.2, 0) is 25.3 Å². The molecule has 0 radical (unpaired) electrons. The van der Waals surface area contributed by atoms with Crippen LogP contribution in [-0.4, -0.2) is 14.9 Å². The minimum Gasteiger partial charge on any atom is -0.361 e. The van der Waals surface area contributed by atoms with E-state index >= 15 is 0 Å². The molecule has 0 saturated heterocycles. The van der Waals surface area contributed by atoms with Crippen LogP contribution < -0.4 is 0 Å². The number of aromatic nitrogens is 3. The number of hydrogen-bond acceptors (Lipinski definition) is 3. The zero-order valence-corrected chi connectivity index (χ0v) is 17.4. The Morgan fingerprint density at radius 2 is 1.77 bits per heavy atom. The minimum atomic E-state index is -0.123. The second-order valence-corrected chi connectivity index (χ2v) is 8.83. The SMILES string of the molecule is CC1c2oncc2CC2(c3ccccc3)c3c(c(-c4ccccc4)nn3C)CCC12. The van der Waals surface area contributed by atoms with E-state index in [0.29, 0.717) is 11.8 Å². The molecule has 0 aliphatic heterocycles. The molecule has 3 unspecified atom stereocenters. The molecule has 4 aromatic rings. The molecule has 0 saturated carbocycles. The zero-order chi connectivity index (χ0) is 20.3. The van der Waals surface area contributed by atoms with Crippen LogP contribution in [0.1, 0.15) is 47.4 Å². The largest absolute Gasteiger partial charge is 0.361 e. The summed E-state index contributed by atoms with van der Waals surface area (Å²) in [6.45, 7) is 2.31. The first kappa shape index (κ1) is 17.7. The first-order chi connectivity index (χ1) is 14.7. The number of rotatable bonds is 2. The van der Waals surface area contributed by atoms with E-state index in [1.807, 2.05) is 6.20 Å². The normalized spacial score (nSPS) is 24.7. The molecule has 150 valence electrons. The first-order valence-electron chi connectivity index (χ1n) is 10.8. The van der Waals surface area contributed by atoms with E-state index in [2.05, 4.69) is 84.5 Å². The van der Waals surface area contributed by atoms with Crippen molar-refractivity contribution in [3.63, 3.8) is 0 Å². The van der Waals surface area contributed by atoms with Gasteiger partial charge in [-0.2, -0.15) is 5.10 Å². The van der Waals surface area contributed by atoms with Crippen molar-refractivity contribution in [2.45, 2.75) is 37.5 Å². The lowest BCUT2D eigenvalue weighted by Crippen LogP contribution is -2.48. The molecule has 2 heterocycles. The van der Waals surface area contributed by atoms with Gasteiger partial charge in [-0.05, 0) is 30.7 Å². The summed E-state index contributed by atoms with van der Waals surface area (Å²) >= 11 is 0. The summed E-state index contributed by atoms with van der Waals surface area (Å²) < 4.78 is 7.87. The van der Waals surface area contributed by atoms with E-state index < -0.39 is 0 Å². The van der Waals surface area contributed by atoms with Crippen LogP contribution in [0.15, 0.2) is 71.4 Å². The van der Waals surface area contributed by atoms with Gasteiger partial charge in [-0.25, -0.2) is 0 Å². The molecular weight excluding hydrogens is 370 g/mol.